The molecule has 0 fully saturated rings. The lowest BCUT2D eigenvalue weighted by Gasteiger charge is -2.21. The first-order valence-electron chi connectivity index (χ1n) is 37.2. The van der Waals surface area contributed by atoms with Gasteiger partial charge in [-0.3, -0.25) is 9.13 Å². The van der Waals surface area contributed by atoms with Crippen molar-refractivity contribution in [2.24, 2.45) is 0 Å². The van der Waals surface area contributed by atoms with Crippen molar-refractivity contribution in [1.29, 1.82) is 0 Å². The Labute approximate surface area is 641 Å². The van der Waals surface area contributed by atoms with E-state index in [1.165, 1.54) is 0 Å². The van der Waals surface area contributed by atoms with Gasteiger partial charge >= 0.3 is 0 Å². The topological polar surface area (TPSA) is 55.4 Å². The van der Waals surface area contributed by atoms with Crippen LogP contribution in [-0.4, -0.2) is 44.1 Å². The van der Waals surface area contributed by atoms with Gasteiger partial charge in [0.2, 0.25) is 0 Å². The Morgan fingerprint density at radius 1 is 0.212 bits per heavy atom. The lowest BCUT2D eigenvalue weighted by molar-refractivity contribution is 0.551. The molecule has 8 nitrogen and oxygen atoms in total. The molecule has 0 aliphatic rings. The first-order chi connectivity index (χ1) is 55.5. The van der Waals surface area contributed by atoms with Gasteiger partial charge in [0.15, 0.2) is 0 Å². The average Bonchev–Trinajstić information content (AvgIpc) is 1.58. The van der Waals surface area contributed by atoms with Gasteiger partial charge in [0.25, 0.3) is 6.71 Å². The van der Waals surface area contributed by atoms with E-state index in [9.17, 15) is 0 Å². The monoisotopic (exact) mass is 1470 g/mol. The molecule has 0 radical (unpaired) electrons. The van der Waals surface area contributed by atoms with Crippen molar-refractivity contribution in [3.05, 3.63) is 381 Å². The van der Waals surface area contributed by atoms with Crippen molar-refractivity contribution >= 4 is 132 Å². The summed E-state index contributed by atoms with van der Waals surface area (Å²) in [5.74, 6) is -7.97. The summed E-state index contributed by atoms with van der Waals surface area (Å²) < 4.78 is 110. The maximum absolute atomic E-state index is 16.7. The number of imidazole rings is 2. The highest BCUT2D eigenvalue weighted by molar-refractivity contribution is 6.95. The van der Waals surface area contributed by atoms with E-state index in [0.29, 0.717) is 46.5 Å². The molecule has 16 aromatic carbocycles. The molecule has 0 aliphatic carbocycles. The van der Waals surface area contributed by atoms with E-state index in [2.05, 4.69) is 209 Å². The first kappa shape index (κ1) is 65.4. The lowest BCUT2D eigenvalue weighted by Crippen LogP contribution is -2.57. The summed E-state index contributed by atoms with van der Waals surface area (Å²) in [6, 6.07) is 107. The highest BCUT2D eigenvalue weighted by atomic mass is 19.2. The van der Waals surface area contributed by atoms with Crippen LogP contribution in [0, 0.1) is 34.9 Å². The second-order valence-corrected chi connectivity index (χ2v) is 28.9. The number of halogens is 6. The fraction of sp³-hybridized carbons (Fsp3) is 0. The van der Waals surface area contributed by atoms with E-state index in [-0.39, 0.29) is 5.46 Å². The maximum atomic E-state index is 16.7. The second kappa shape index (κ2) is 25.5. The molecular weight excluding hydrogens is 1410 g/mol. The van der Waals surface area contributed by atoms with Crippen LogP contribution in [0.3, 0.4) is 0 Å². The van der Waals surface area contributed by atoms with Crippen molar-refractivity contribution < 1.29 is 26.3 Å². The summed E-state index contributed by atoms with van der Waals surface area (Å²) in [5.41, 5.74) is 20.1. The third-order valence-electron chi connectivity index (χ3n) is 22.6. The smallest absolute Gasteiger partial charge is 0.256 e. The third kappa shape index (κ3) is 10.4. The van der Waals surface area contributed by atoms with Crippen molar-refractivity contribution in [2.75, 3.05) is 0 Å². The predicted molar refractivity (Wildman–Crippen MR) is 447 cm³/mol. The molecule has 0 saturated carbocycles. The number of hydrogen-bond donors (Lipinski definition) is 0. The predicted octanol–water partition coefficient (Wildman–Crippen LogP) is 23.1. The number of aromatic nitrogens is 8. The zero-order chi connectivity index (χ0) is 75.4. The van der Waals surface area contributed by atoms with Gasteiger partial charge in [0, 0.05) is 112 Å². The van der Waals surface area contributed by atoms with Crippen LogP contribution in [0.4, 0.5) is 26.3 Å². The number of hydrogen-bond acceptors (Lipinski definition) is 2. The molecule has 113 heavy (non-hydrogen) atoms. The number of rotatable bonds is 12. The Bertz CT molecular complexity index is 7600. The fourth-order valence-corrected chi connectivity index (χ4v) is 17.6. The summed E-state index contributed by atoms with van der Waals surface area (Å²) in [6.45, 7) is -1.89. The van der Waals surface area contributed by atoms with E-state index >= 15 is 26.3 Å². The number of benzene rings is 16. The van der Waals surface area contributed by atoms with Crippen LogP contribution in [0.1, 0.15) is 0 Å². The summed E-state index contributed by atoms with van der Waals surface area (Å²) in [7, 11) is 0. The van der Waals surface area contributed by atoms with E-state index < -0.39 is 52.5 Å². The molecule has 22 rings (SSSR count). The molecule has 0 atom stereocenters. The lowest BCUT2D eigenvalue weighted by atomic mass is 9.36. The molecule has 6 aromatic heterocycles. The quantitative estimate of drug-likeness (QED) is 0.0904. The van der Waals surface area contributed by atoms with Crippen LogP contribution < -0.4 is 16.4 Å². The van der Waals surface area contributed by atoms with Crippen LogP contribution in [-0.2, 0) is 0 Å². The number of nitrogens with zero attached hydrogens (tertiary/aromatic N) is 8. The molecule has 15 heteroatoms. The Hall–Kier alpha value is -14.7. The van der Waals surface area contributed by atoms with E-state index in [0.717, 1.165) is 155 Å². The van der Waals surface area contributed by atoms with Gasteiger partial charge in [-0.1, -0.05) is 169 Å². The van der Waals surface area contributed by atoms with Crippen molar-refractivity contribution in [2.45, 2.75) is 0 Å². The SMILES string of the molecule is Fc1cc(F)c(B(c2cc(-c3ccc(-n4c5ccccc5c5cc6c7ccccc7n(-c7cccc(-c8ccc9ncn(-c%10ccccc%10)c9c8)c7)c6cc54)cc3)cc(-c3ccc(-n4c5ccccc5c5cc6c7ccccc7n(-c7ccc8ncn(-c9ccccc9)c8c7)c6cc54)cc3)c2)c2c(F)cc(F)cc2F)c(F)c1. The maximum Gasteiger partial charge on any atom is 0.256 e. The van der Waals surface area contributed by atoms with Crippen LogP contribution in [0.15, 0.2) is 346 Å². The van der Waals surface area contributed by atoms with Crippen LogP contribution in [0.25, 0.3) is 177 Å². The molecule has 0 aliphatic heterocycles. The first-order valence-corrected chi connectivity index (χ1v) is 37.2. The molecule has 0 N–H and O–H groups in total. The molecule has 534 valence electrons. The molecule has 22 aromatic rings. The zero-order valence-electron chi connectivity index (χ0n) is 59.8. The Kier molecular flexibility index (Phi) is 14.7. The van der Waals surface area contributed by atoms with E-state index in [1.807, 2.05) is 128 Å². The Balaban J connectivity index is 0.689. The Morgan fingerprint density at radius 3 is 0.991 bits per heavy atom. The summed E-state index contributed by atoms with van der Waals surface area (Å²) in [6.07, 6.45) is 3.73. The second-order valence-electron chi connectivity index (χ2n) is 28.9. The Morgan fingerprint density at radius 2 is 0.558 bits per heavy atom. The van der Waals surface area contributed by atoms with Crippen LogP contribution in [0.5, 0.6) is 0 Å². The van der Waals surface area contributed by atoms with Crippen LogP contribution in [0.2, 0.25) is 0 Å². The molecule has 0 saturated heterocycles. The number of fused-ring (bicyclic) bond motifs is 14. The minimum absolute atomic E-state index is 0.0499. The van der Waals surface area contributed by atoms with E-state index in [4.69, 9.17) is 9.97 Å². The standard InChI is InChI=1S/C98H57BF6N8/c100-65-47-81(102)97(82(103)48-65)99(98-83(104)49-66(101)50-84(98)105)64-43-62(42-63(44-64)59-32-37-70(38-33-59)111-88-27-12-8-23-74(88)78-53-80-76-25-10-14-29-90(76)113(94(80)55-92(78)111)72-39-41-86-96(51-72)109(57-107-86)68-19-5-2-6-20-68)58-30-35-69(36-31-58)110-87-26-11-7-22-73(87)77-52-79-75-24-9-13-28-89(75)112(93(79)54-91(77)110)71-21-15-16-60(45-71)61-34-40-85-95(46-61)108(56-106-85)67-17-3-1-4-18-67/h1-57H. The average molecular weight is 1470 g/mol. The molecule has 0 amide bonds. The number of para-hydroxylation sites is 6. The molecule has 0 unspecified atom stereocenters. The van der Waals surface area contributed by atoms with Crippen molar-refractivity contribution in [3.63, 3.8) is 0 Å². The largest absolute Gasteiger partial charge is 0.309 e. The zero-order valence-corrected chi connectivity index (χ0v) is 59.8. The third-order valence-corrected chi connectivity index (χ3v) is 22.6. The van der Waals surface area contributed by atoms with Gasteiger partial charge < -0.3 is 18.3 Å². The van der Waals surface area contributed by atoms with Crippen molar-refractivity contribution in [1.82, 2.24) is 37.4 Å². The molecular formula is C98H57BF6N8. The molecule has 6 heterocycles. The highest BCUT2D eigenvalue weighted by Crippen LogP contribution is 2.44. The minimum atomic E-state index is -1.89. The molecule has 0 spiro atoms. The minimum Gasteiger partial charge on any atom is -0.309 e. The summed E-state index contributed by atoms with van der Waals surface area (Å²) in [4.78, 5) is 9.52. The van der Waals surface area contributed by atoms with Gasteiger partial charge in [-0.25, -0.2) is 36.3 Å². The van der Waals surface area contributed by atoms with Gasteiger partial charge in [0.1, 0.15) is 47.6 Å². The molecule has 0 bridgehead atoms. The van der Waals surface area contributed by atoms with Crippen molar-refractivity contribution in [3.8, 4) is 67.5 Å². The summed E-state index contributed by atoms with van der Waals surface area (Å²) >= 11 is 0. The van der Waals surface area contributed by atoms with Gasteiger partial charge in [-0.15, -0.1) is 0 Å². The normalized spacial score (nSPS) is 12.0. The van der Waals surface area contributed by atoms with Gasteiger partial charge in [0.05, 0.1) is 66.2 Å². The van der Waals surface area contributed by atoms with Gasteiger partial charge in [-0.05, 0) is 179 Å². The fourth-order valence-electron chi connectivity index (χ4n) is 17.6. The highest BCUT2D eigenvalue weighted by Gasteiger charge is 2.35. The van der Waals surface area contributed by atoms with Gasteiger partial charge in [-0.2, -0.15) is 0 Å². The van der Waals surface area contributed by atoms with E-state index in [1.54, 1.807) is 12.1 Å². The summed E-state index contributed by atoms with van der Waals surface area (Å²) in [5, 5.41) is 8.55. The van der Waals surface area contributed by atoms with Crippen LogP contribution >= 0.6 is 0 Å².